The highest BCUT2D eigenvalue weighted by atomic mass is 32.2. The Kier molecular flexibility index (Phi) is 5.47. The van der Waals surface area contributed by atoms with Gasteiger partial charge in [0.2, 0.25) is 5.91 Å². The Labute approximate surface area is 158 Å². The van der Waals surface area contributed by atoms with E-state index in [1.54, 1.807) is 6.20 Å². The van der Waals surface area contributed by atoms with Crippen LogP contribution in [0.15, 0.2) is 60.0 Å². The number of aromatic nitrogens is 2. The topological polar surface area (TPSA) is 46.9 Å². The van der Waals surface area contributed by atoms with Crippen molar-refractivity contribution in [2.45, 2.75) is 38.1 Å². The molecule has 2 aromatic carbocycles. The predicted molar refractivity (Wildman–Crippen MR) is 108 cm³/mol. The minimum absolute atomic E-state index is 0.0215. The summed E-state index contributed by atoms with van der Waals surface area (Å²) >= 11 is 1.46. The number of imidazole rings is 1. The van der Waals surface area contributed by atoms with Gasteiger partial charge in [-0.05, 0) is 50.5 Å². The number of anilines is 1. The van der Waals surface area contributed by atoms with Crippen LogP contribution in [0.25, 0.3) is 5.69 Å². The maximum Gasteiger partial charge on any atom is 0.237 e. The van der Waals surface area contributed by atoms with Crippen molar-refractivity contribution in [3.05, 3.63) is 71.5 Å². The normalized spacial score (nSPS) is 12.0. The maximum atomic E-state index is 12.7. The number of nitrogens with one attached hydrogen (secondary N) is 1. The van der Waals surface area contributed by atoms with Gasteiger partial charge in [0.05, 0.1) is 10.9 Å². The number of aryl methyl sites for hydroxylation is 3. The van der Waals surface area contributed by atoms with Gasteiger partial charge in [-0.1, -0.05) is 48.2 Å². The molecule has 0 saturated heterocycles. The molecule has 1 N–H and O–H groups in total. The lowest BCUT2D eigenvalue weighted by Gasteiger charge is -2.16. The van der Waals surface area contributed by atoms with Gasteiger partial charge in [0.1, 0.15) is 0 Å². The minimum atomic E-state index is -0.265. The van der Waals surface area contributed by atoms with Crippen LogP contribution < -0.4 is 5.32 Å². The molecule has 4 nitrogen and oxygen atoms in total. The lowest BCUT2D eigenvalue weighted by molar-refractivity contribution is -0.115. The molecule has 1 aromatic heterocycles. The Hall–Kier alpha value is -2.53. The molecule has 134 valence electrons. The molecule has 1 heterocycles. The third kappa shape index (κ3) is 3.83. The van der Waals surface area contributed by atoms with Gasteiger partial charge in [0, 0.05) is 18.1 Å². The summed E-state index contributed by atoms with van der Waals surface area (Å²) in [6.45, 7) is 7.99. The monoisotopic (exact) mass is 365 g/mol. The third-order valence-corrected chi connectivity index (χ3v) is 5.44. The van der Waals surface area contributed by atoms with Crippen molar-refractivity contribution < 1.29 is 4.79 Å². The first-order valence-electron chi connectivity index (χ1n) is 8.60. The van der Waals surface area contributed by atoms with Crippen molar-refractivity contribution in [3.8, 4) is 5.69 Å². The highest BCUT2D eigenvalue weighted by Crippen LogP contribution is 2.27. The van der Waals surface area contributed by atoms with Crippen molar-refractivity contribution in [3.63, 3.8) is 0 Å². The Morgan fingerprint density at radius 3 is 2.38 bits per heavy atom. The molecule has 3 rings (SSSR count). The van der Waals surface area contributed by atoms with Crippen molar-refractivity contribution in [2.24, 2.45) is 0 Å². The van der Waals surface area contributed by atoms with E-state index < -0.39 is 0 Å². The van der Waals surface area contributed by atoms with E-state index in [1.165, 1.54) is 17.3 Å². The van der Waals surface area contributed by atoms with Gasteiger partial charge in [0.15, 0.2) is 5.16 Å². The third-order valence-electron chi connectivity index (χ3n) is 4.36. The second-order valence-electron chi connectivity index (χ2n) is 6.38. The van der Waals surface area contributed by atoms with E-state index in [0.717, 1.165) is 27.7 Å². The zero-order valence-electron chi connectivity index (χ0n) is 15.5. The fourth-order valence-electron chi connectivity index (χ4n) is 2.84. The van der Waals surface area contributed by atoms with Gasteiger partial charge in [-0.25, -0.2) is 4.98 Å². The van der Waals surface area contributed by atoms with Crippen LogP contribution in [-0.4, -0.2) is 20.7 Å². The highest BCUT2D eigenvalue weighted by molar-refractivity contribution is 8.00. The first kappa shape index (κ1) is 18.3. The second-order valence-corrected chi connectivity index (χ2v) is 7.69. The van der Waals surface area contributed by atoms with E-state index in [9.17, 15) is 4.79 Å². The SMILES string of the molecule is Cc1ccccc1-n1ccnc1SC(C)C(=O)Nc1c(C)cccc1C. The van der Waals surface area contributed by atoms with Gasteiger partial charge < -0.3 is 5.32 Å². The van der Waals surface area contributed by atoms with Crippen LogP contribution in [-0.2, 0) is 4.79 Å². The van der Waals surface area contributed by atoms with E-state index in [4.69, 9.17) is 0 Å². The molecule has 0 radical (unpaired) electrons. The molecule has 0 aliphatic rings. The summed E-state index contributed by atoms with van der Waals surface area (Å²) in [6, 6.07) is 14.2. The van der Waals surface area contributed by atoms with Crippen LogP contribution in [0, 0.1) is 20.8 Å². The fraction of sp³-hybridized carbons (Fsp3) is 0.238. The number of rotatable bonds is 5. The van der Waals surface area contributed by atoms with E-state index in [0.29, 0.717) is 0 Å². The standard InChI is InChI=1S/C21H23N3OS/c1-14-8-5-6-11-18(14)24-13-12-22-21(24)26-17(4)20(25)23-19-15(2)9-7-10-16(19)3/h5-13,17H,1-4H3,(H,23,25). The molecule has 0 bridgehead atoms. The summed E-state index contributed by atoms with van der Waals surface area (Å²) in [5, 5.41) is 3.61. The molecular formula is C21H23N3OS. The van der Waals surface area contributed by atoms with E-state index in [2.05, 4.69) is 29.4 Å². The van der Waals surface area contributed by atoms with Gasteiger partial charge in [-0.15, -0.1) is 0 Å². The summed E-state index contributed by atoms with van der Waals surface area (Å²) < 4.78 is 2.03. The van der Waals surface area contributed by atoms with Gasteiger partial charge in [0.25, 0.3) is 0 Å². The van der Waals surface area contributed by atoms with Crippen LogP contribution in [0.2, 0.25) is 0 Å². The van der Waals surface area contributed by atoms with Gasteiger partial charge >= 0.3 is 0 Å². The summed E-state index contributed by atoms with van der Waals surface area (Å²) in [6.07, 6.45) is 3.70. The molecule has 1 atom stereocenters. The number of nitrogens with zero attached hydrogens (tertiary/aromatic N) is 2. The summed E-state index contributed by atoms with van der Waals surface area (Å²) in [5.41, 5.74) is 5.27. The number of hydrogen-bond donors (Lipinski definition) is 1. The number of amides is 1. The molecule has 0 fully saturated rings. The zero-order chi connectivity index (χ0) is 18.7. The first-order chi connectivity index (χ1) is 12.5. The van der Waals surface area contributed by atoms with Gasteiger partial charge in [-0.3, -0.25) is 9.36 Å². The lowest BCUT2D eigenvalue weighted by Crippen LogP contribution is -2.23. The van der Waals surface area contributed by atoms with Crippen molar-refractivity contribution in [1.82, 2.24) is 9.55 Å². The molecule has 1 amide bonds. The number of thioether (sulfide) groups is 1. The van der Waals surface area contributed by atoms with E-state index in [-0.39, 0.29) is 11.2 Å². The average Bonchev–Trinajstić information content (AvgIpc) is 3.06. The van der Waals surface area contributed by atoms with Crippen LogP contribution in [0.5, 0.6) is 0 Å². The predicted octanol–water partition coefficient (Wildman–Crippen LogP) is 4.92. The molecule has 26 heavy (non-hydrogen) atoms. The van der Waals surface area contributed by atoms with Crippen molar-refractivity contribution in [2.75, 3.05) is 5.32 Å². The first-order valence-corrected chi connectivity index (χ1v) is 9.48. The summed E-state index contributed by atoms with van der Waals surface area (Å²) in [7, 11) is 0. The van der Waals surface area contributed by atoms with Crippen LogP contribution >= 0.6 is 11.8 Å². The maximum absolute atomic E-state index is 12.7. The molecule has 5 heteroatoms. The number of hydrogen-bond acceptors (Lipinski definition) is 3. The average molecular weight is 366 g/mol. The van der Waals surface area contributed by atoms with Crippen LogP contribution in [0.3, 0.4) is 0 Å². The Balaban J connectivity index is 1.77. The molecule has 0 aliphatic heterocycles. The number of para-hydroxylation sites is 2. The lowest BCUT2D eigenvalue weighted by atomic mass is 10.1. The smallest absolute Gasteiger partial charge is 0.237 e. The summed E-state index contributed by atoms with van der Waals surface area (Å²) in [5.74, 6) is -0.0215. The molecule has 1 unspecified atom stereocenters. The minimum Gasteiger partial charge on any atom is -0.325 e. The number of carbonyl (C=O) groups excluding carboxylic acids is 1. The Morgan fingerprint density at radius 2 is 1.69 bits per heavy atom. The van der Waals surface area contributed by atoms with Crippen LogP contribution in [0.4, 0.5) is 5.69 Å². The van der Waals surface area contributed by atoms with Crippen molar-refractivity contribution in [1.29, 1.82) is 0 Å². The van der Waals surface area contributed by atoms with E-state index in [1.807, 2.05) is 61.9 Å². The Morgan fingerprint density at radius 1 is 1.04 bits per heavy atom. The van der Waals surface area contributed by atoms with E-state index >= 15 is 0 Å². The molecule has 0 saturated carbocycles. The molecule has 3 aromatic rings. The zero-order valence-corrected chi connectivity index (χ0v) is 16.3. The van der Waals surface area contributed by atoms with Crippen LogP contribution in [0.1, 0.15) is 23.6 Å². The largest absolute Gasteiger partial charge is 0.325 e. The quantitative estimate of drug-likeness (QED) is 0.653. The highest BCUT2D eigenvalue weighted by Gasteiger charge is 2.19. The number of carbonyl (C=O) groups is 1. The van der Waals surface area contributed by atoms with Crippen molar-refractivity contribution >= 4 is 23.4 Å². The molecular weight excluding hydrogens is 342 g/mol. The van der Waals surface area contributed by atoms with Gasteiger partial charge in [-0.2, -0.15) is 0 Å². The second kappa shape index (κ2) is 7.79. The molecule has 0 aliphatic carbocycles. The molecule has 0 spiro atoms. The Bertz CT molecular complexity index is 912. The number of benzene rings is 2. The summed E-state index contributed by atoms with van der Waals surface area (Å²) in [4.78, 5) is 17.1. The fourth-order valence-corrected chi connectivity index (χ4v) is 3.72.